The highest BCUT2D eigenvalue weighted by Crippen LogP contribution is 2.47. The Labute approximate surface area is 181 Å². The summed E-state index contributed by atoms with van der Waals surface area (Å²) in [4.78, 5) is 0. The van der Waals surface area contributed by atoms with E-state index in [0.29, 0.717) is 0 Å². The Morgan fingerprint density at radius 3 is 2.47 bits per heavy atom. The Hall–Kier alpha value is -2.98. The fraction of sp³-hybridized carbons (Fsp3) is 0.240. The van der Waals surface area contributed by atoms with Crippen LogP contribution in [0, 0.1) is 0 Å². The van der Waals surface area contributed by atoms with Crippen LogP contribution >= 0.6 is 11.6 Å². The highest BCUT2D eigenvalue weighted by atomic mass is 35.5. The lowest BCUT2D eigenvalue weighted by atomic mass is 9.96. The van der Waals surface area contributed by atoms with Gasteiger partial charge in [0, 0.05) is 22.6 Å². The molecule has 0 fully saturated rings. The summed E-state index contributed by atoms with van der Waals surface area (Å²) in [6, 6.07) is 24.3. The zero-order valence-corrected chi connectivity index (χ0v) is 17.7. The number of halogens is 1. The lowest BCUT2D eigenvalue weighted by Crippen LogP contribution is -2.33. The van der Waals surface area contributed by atoms with Gasteiger partial charge in [0.25, 0.3) is 0 Å². The first-order chi connectivity index (χ1) is 14.6. The van der Waals surface area contributed by atoms with Crippen LogP contribution in [0.4, 0.5) is 0 Å². The zero-order valence-electron chi connectivity index (χ0n) is 17.0. The minimum atomic E-state index is -0.289. The number of fused-ring (bicyclic) bond motifs is 3. The Balaban J connectivity index is 1.51. The third-order valence-corrected chi connectivity index (χ3v) is 5.67. The molecule has 3 aromatic carbocycles. The Morgan fingerprint density at radius 1 is 1.00 bits per heavy atom. The maximum Gasteiger partial charge on any atom is 0.213 e. The van der Waals surface area contributed by atoms with Gasteiger partial charge in [-0.25, -0.2) is 5.01 Å². The number of ether oxygens (including phenoxy) is 2. The first-order valence-corrected chi connectivity index (χ1v) is 10.6. The van der Waals surface area contributed by atoms with E-state index in [4.69, 9.17) is 26.2 Å². The lowest BCUT2D eigenvalue weighted by Gasteiger charge is -2.38. The van der Waals surface area contributed by atoms with Crippen molar-refractivity contribution in [3.63, 3.8) is 0 Å². The quantitative estimate of drug-likeness (QED) is 0.493. The van der Waals surface area contributed by atoms with Crippen molar-refractivity contribution in [1.29, 1.82) is 0 Å². The van der Waals surface area contributed by atoms with Gasteiger partial charge in [-0.2, -0.15) is 5.10 Å². The standard InChI is InChI=1S/C25H23ClN2O2/c1-16(2)29-20-13-9-18(10-14-20)25-28-23(21-5-3-4-6-24(21)30-25)15-22(27-28)17-7-11-19(26)12-8-17/h3-14,16,23,25H,15H2,1-2H3/t23-,25-/m1/s1. The molecule has 2 aliphatic heterocycles. The normalized spacial score (nSPS) is 19.7. The van der Waals surface area contributed by atoms with Crippen LogP contribution in [0.15, 0.2) is 77.9 Å². The van der Waals surface area contributed by atoms with Gasteiger partial charge in [0.05, 0.1) is 17.9 Å². The summed E-state index contributed by atoms with van der Waals surface area (Å²) in [6.45, 7) is 4.05. The molecule has 0 radical (unpaired) electrons. The van der Waals surface area contributed by atoms with E-state index >= 15 is 0 Å². The van der Waals surface area contributed by atoms with Gasteiger partial charge in [-0.3, -0.25) is 0 Å². The molecule has 0 spiro atoms. The molecule has 152 valence electrons. The molecule has 5 heteroatoms. The van der Waals surface area contributed by atoms with Gasteiger partial charge in [0.15, 0.2) is 0 Å². The molecule has 5 rings (SSSR count). The number of hydrazone groups is 1. The zero-order chi connectivity index (χ0) is 20.7. The summed E-state index contributed by atoms with van der Waals surface area (Å²) < 4.78 is 12.2. The number of rotatable bonds is 4. The topological polar surface area (TPSA) is 34.1 Å². The second-order valence-corrected chi connectivity index (χ2v) is 8.33. The fourth-order valence-corrected chi connectivity index (χ4v) is 4.18. The summed E-state index contributed by atoms with van der Waals surface area (Å²) in [7, 11) is 0. The molecule has 0 unspecified atom stereocenters. The van der Waals surface area contributed by atoms with Gasteiger partial charge < -0.3 is 9.47 Å². The van der Waals surface area contributed by atoms with E-state index in [9.17, 15) is 0 Å². The van der Waals surface area contributed by atoms with Crippen molar-refractivity contribution in [2.24, 2.45) is 5.10 Å². The van der Waals surface area contributed by atoms with Gasteiger partial charge in [-0.05, 0) is 61.9 Å². The van der Waals surface area contributed by atoms with E-state index in [1.54, 1.807) is 0 Å². The van der Waals surface area contributed by atoms with Crippen LogP contribution in [-0.4, -0.2) is 16.8 Å². The Morgan fingerprint density at radius 2 is 1.73 bits per heavy atom. The smallest absolute Gasteiger partial charge is 0.213 e. The highest BCUT2D eigenvalue weighted by molar-refractivity contribution is 6.30. The second kappa shape index (κ2) is 7.69. The van der Waals surface area contributed by atoms with Gasteiger partial charge in [0.1, 0.15) is 11.5 Å². The first kappa shape index (κ1) is 19.0. The van der Waals surface area contributed by atoms with Crippen LogP contribution in [-0.2, 0) is 0 Å². The third kappa shape index (κ3) is 3.52. The van der Waals surface area contributed by atoms with Crippen molar-refractivity contribution in [2.75, 3.05) is 0 Å². The SMILES string of the molecule is CC(C)Oc1ccc([C@H]2Oc3ccccc3[C@H]3CC(c4ccc(Cl)cc4)=NN32)cc1. The van der Waals surface area contributed by atoms with Crippen molar-refractivity contribution in [3.05, 3.63) is 94.5 Å². The molecule has 0 bridgehead atoms. The molecule has 0 amide bonds. The minimum absolute atomic E-state index is 0.136. The number of nitrogens with zero attached hydrogens (tertiary/aromatic N) is 2. The molecule has 2 aliphatic rings. The van der Waals surface area contributed by atoms with E-state index in [-0.39, 0.29) is 18.4 Å². The molecular formula is C25H23ClN2O2. The monoisotopic (exact) mass is 418 g/mol. The average molecular weight is 419 g/mol. The van der Waals surface area contributed by atoms with E-state index < -0.39 is 0 Å². The maximum atomic E-state index is 6.41. The predicted octanol–water partition coefficient (Wildman–Crippen LogP) is 6.37. The maximum absolute atomic E-state index is 6.41. The predicted molar refractivity (Wildman–Crippen MR) is 119 cm³/mol. The lowest BCUT2D eigenvalue weighted by molar-refractivity contribution is -0.0190. The average Bonchev–Trinajstić information content (AvgIpc) is 3.20. The molecule has 0 aliphatic carbocycles. The molecule has 2 atom stereocenters. The second-order valence-electron chi connectivity index (χ2n) is 7.90. The number of hydrogen-bond acceptors (Lipinski definition) is 4. The summed E-state index contributed by atoms with van der Waals surface area (Å²) in [5.74, 6) is 1.77. The summed E-state index contributed by atoms with van der Waals surface area (Å²) in [5.41, 5.74) is 4.35. The van der Waals surface area contributed by atoms with Crippen LogP contribution in [0.25, 0.3) is 0 Å². The Bertz CT molecular complexity index is 1080. The summed E-state index contributed by atoms with van der Waals surface area (Å²) in [5, 5.41) is 7.80. The Kier molecular flexibility index (Phi) is 4.87. The van der Waals surface area contributed by atoms with Crippen LogP contribution in [0.2, 0.25) is 5.02 Å². The minimum Gasteiger partial charge on any atom is -0.491 e. The van der Waals surface area contributed by atoms with Crippen molar-refractivity contribution in [1.82, 2.24) is 5.01 Å². The highest BCUT2D eigenvalue weighted by Gasteiger charge is 2.40. The fourth-order valence-electron chi connectivity index (χ4n) is 4.05. The van der Waals surface area contributed by atoms with Gasteiger partial charge in [0.2, 0.25) is 6.23 Å². The van der Waals surface area contributed by atoms with E-state index in [2.05, 4.69) is 29.3 Å². The first-order valence-electron chi connectivity index (χ1n) is 10.2. The van der Waals surface area contributed by atoms with Gasteiger partial charge in [-0.1, -0.05) is 41.9 Å². The van der Waals surface area contributed by atoms with Crippen molar-refractivity contribution in [3.8, 4) is 11.5 Å². The van der Waals surface area contributed by atoms with Crippen molar-refractivity contribution < 1.29 is 9.47 Å². The van der Waals surface area contributed by atoms with Crippen molar-refractivity contribution >= 4 is 17.3 Å². The van der Waals surface area contributed by atoms with Crippen molar-refractivity contribution in [2.45, 2.75) is 38.6 Å². The van der Waals surface area contributed by atoms with E-state index in [0.717, 1.165) is 39.8 Å². The molecule has 2 heterocycles. The molecule has 0 saturated carbocycles. The molecule has 3 aromatic rings. The molecule has 0 saturated heterocycles. The molecule has 0 aromatic heterocycles. The van der Waals surface area contributed by atoms with Gasteiger partial charge in [-0.15, -0.1) is 0 Å². The molecular weight excluding hydrogens is 396 g/mol. The largest absolute Gasteiger partial charge is 0.491 e. The van der Waals surface area contributed by atoms with Crippen LogP contribution in [0.5, 0.6) is 11.5 Å². The van der Waals surface area contributed by atoms with E-state index in [1.165, 1.54) is 5.56 Å². The third-order valence-electron chi connectivity index (χ3n) is 5.41. The molecule has 30 heavy (non-hydrogen) atoms. The number of para-hydroxylation sites is 1. The van der Waals surface area contributed by atoms with Crippen LogP contribution in [0.3, 0.4) is 0 Å². The van der Waals surface area contributed by atoms with Crippen LogP contribution < -0.4 is 9.47 Å². The summed E-state index contributed by atoms with van der Waals surface area (Å²) in [6.07, 6.45) is 0.679. The van der Waals surface area contributed by atoms with Crippen LogP contribution in [0.1, 0.15) is 49.2 Å². The number of hydrogen-bond donors (Lipinski definition) is 0. The van der Waals surface area contributed by atoms with E-state index in [1.807, 2.05) is 62.4 Å². The van der Waals surface area contributed by atoms with Gasteiger partial charge >= 0.3 is 0 Å². The summed E-state index contributed by atoms with van der Waals surface area (Å²) >= 11 is 6.07. The molecule has 4 nitrogen and oxygen atoms in total. The molecule has 0 N–H and O–H groups in total. The number of benzene rings is 3.